The van der Waals surface area contributed by atoms with Crippen molar-refractivity contribution in [1.29, 1.82) is 0 Å². The maximum absolute atomic E-state index is 5.81. The molecule has 3 rings (SSSR count). The van der Waals surface area contributed by atoms with E-state index in [0.29, 0.717) is 12.6 Å². The predicted octanol–water partition coefficient (Wildman–Crippen LogP) is 2.06. The zero-order valence-electron chi connectivity index (χ0n) is 12.1. The summed E-state index contributed by atoms with van der Waals surface area (Å²) in [5, 5.41) is 0. The van der Waals surface area contributed by atoms with Crippen molar-refractivity contribution in [2.75, 3.05) is 13.7 Å². The number of ether oxygens (including phenoxy) is 2. The van der Waals surface area contributed by atoms with Gasteiger partial charge in [-0.2, -0.15) is 4.99 Å². The van der Waals surface area contributed by atoms with Crippen LogP contribution >= 0.6 is 0 Å². The fraction of sp³-hybridized carbons (Fsp3) is 0.250. The Morgan fingerprint density at radius 2 is 2.05 bits per heavy atom. The highest BCUT2D eigenvalue weighted by molar-refractivity contribution is 5.76. The fourth-order valence-electron chi connectivity index (χ4n) is 2.14. The number of aliphatic imine (C=N–C) groups is 1. The Bertz CT molecular complexity index is 717. The smallest absolute Gasteiger partial charge is 0.314 e. The van der Waals surface area contributed by atoms with Crippen LogP contribution in [0.2, 0.25) is 0 Å². The Morgan fingerprint density at radius 3 is 2.76 bits per heavy atom. The third kappa shape index (κ3) is 2.97. The van der Waals surface area contributed by atoms with E-state index in [1.54, 1.807) is 7.11 Å². The van der Waals surface area contributed by atoms with Gasteiger partial charge in [-0.05, 0) is 29.8 Å². The van der Waals surface area contributed by atoms with E-state index in [0.717, 1.165) is 16.8 Å². The topological polar surface area (TPSA) is 48.1 Å². The van der Waals surface area contributed by atoms with Gasteiger partial charge in [0, 0.05) is 13.2 Å². The van der Waals surface area contributed by atoms with Gasteiger partial charge in [0.05, 0.1) is 13.7 Å². The van der Waals surface area contributed by atoms with Crippen molar-refractivity contribution in [3.8, 4) is 5.75 Å². The molecule has 21 heavy (non-hydrogen) atoms. The summed E-state index contributed by atoms with van der Waals surface area (Å²) < 4.78 is 12.9. The van der Waals surface area contributed by atoms with Gasteiger partial charge in [-0.3, -0.25) is 0 Å². The van der Waals surface area contributed by atoms with Crippen LogP contribution in [-0.4, -0.2) is 24.2 Å². The molecule has 0 saturated carbocycles. The zero-order chi connectivity index (χ0) is 14.7. The predicted molar refractivity (Wildman–Crippen MR) is 80.1 cm³/mol. The van der Waals surface area contributed by atoms with Gasteiger partial charge in [-0.1, -0.05) is 18.2 Å². The largest absolute Gasteiger partial charge is 0.497 e. The highest BCUT2D eigenvalue weighted by Crippen LogP contribution is 2.24. The van der Waals surface area contributed by atoms with Gasteiger partial charge >= 0.3 is 6.02 Å². The first-order valence-corrected chi connectivity index (χ1v) is 6.78. The Balaban J connectivity index is 1.75. The van der Waals surface area contributed by atoms with Crippen molar-refractivity contribution < 1.29 is 9.47 Å². The second-order valence-corrected chi connectivity index (χ2v) is 4.78. The monoisotopic (exact) mass is 283 g/mol. The van der Waals surface area contributed by atoms with E-state index in [9.17, 15) is 0 Å². The van der Waals surface area contributed by atoms with Crippen LogP contribution in [0.25, 0.3) is 0 Å². The number of nitrogens with zero attached hydrogens (tertiary/aromatic N) is 3. The summed E-state index contributed by atoms with van der Waals surface area (Å²) >= 11 is 0. The fourth-order valence-corrected chi connectivity index (χ4v) is 2.14. The van der Waals surface area contributed by atoms with Gasteiger partial charge in [0.2, 0.25) is 0 Å². The lowest BCUT2D eigenvalue weighted by Gasteiger charge is -2.10. The van der Waals surface area contributed by atoms with E-state index in [1.807, 2.05) is 60.3 Å². The number of pyridine rings is 1. The summed E-state index contributed by atoms with van der Waals surface area (Å²) in [4.78, 5) is 8.79. The van der Waals surface area contributed by atoms with Gasteiger partial charge in [-0.25, -0.2) is 4.99 Å². The summed E-state index contributed by atoms with van der Waals surface area (Å²) in [6.07, 6.45) is 1.86. The minimum absolute atomic E-state index is 0.0799. The number of hydrogen-bond donors (Lipinski definition) is 0. The minimum Gasteiger partial charge on any atom is -0.497 e. The maximum atomic E-state index is 5.81. The first-order valence-electron chi connectivity index (χ1n) is 6.78. The van der Waals surface area contributed by atoms with E-state index in [-0.39, 0.29) is 6.10 Å². The molecule has 0 N–H and O–H groups in total. The Morgan fingerprint density at radius 1 is 1.24 bits per heavy atom. The zero-order valence-corrected chi connectivity index (χ0v) is 12.1. The van der Waals surface area contributed by atoms with Crippen LogP contribution in [0.4, 0.5) is 0 Å². The SMILES string of the molecule is COc1ccc(C2CN=C(/N=c3\ccccn3C)O2)cc1. The number of rotatable bonds is 2. The van der Waals surface area contributed by atoms with Crippen LogP contribution < -0.4 is 10.2 Å². The molecule has 0 saturated heterocycles. The van der Waals surface area contributed by atoms with E-state index in [2.05, 4.69) is 9.98 Å². The number of amidine groups is 1. The molecular formula is C16H17N3O2. The third-order valence-corrected chi connectivity index (χ3v) is 3.37. The van der Waals surface area contributed by atoms with Crippen molar-refractivity contribution in [2.24, 2.45) is 17.0 Å². The molecule has 1 atom stereocenters. The molecule has 1 unspecified atom stereocenters. The molecule has 0 fully saturated rings. The van der Waals surface area contributed by atoms with Crippen LogP contribution in [0.15, 0.2) is 58.6 Å². The van der Waals surface area contributed by atoms with Gasteiger partial charge in [0.1, 0.15) is 17.3 Å². The molecule has 1 aliphatic heterocycles. The summed E-state index contributed by atoms with van der Waals surface area (Å²) in [6, 6.07) is 14.1. The van der Waals surface area contributed by atoms with E-state index in [1.165, 1.54) is 0 Å². The van der Waals surface area contributed by atoms with Gasteiger partial charge < -0.3 is 14.0 Å². The first-order chi connectivity index (χ1) is 10.3. The quantitative estimate of drug-likeness (QED) is 0.847. The summed E-state index contributed by atoms with van der Waals surface area (Å²) in [5.41, 5.74) is 1.88. The number of aromatic nitrogens is 1. The molecule has 0 bridgehead atoms. The Kier molecular flexibility index (Phi) is 3.73. The van der Waals surface area contributed by atoms with Gasteiger partial charge in [-0.15, -0.1) is 0 Å². The van der Waals surface area contributed by atoms with Crippen molar-refractivity contribution in [1.82, 2.24) is 4.57 Å². The normalized spacial score (nSPS) is 18.3. The van der Waals surface area contributed by atoms with E-state index < -0.39 is 0 Å². The Labute approximate surface area is 123 Å². The molecule has 0 radical (unpaired) electrons. The molecule has 5 heteroatoms. The lowest BCUT2D eigenvalue weighted by molar-refractivity contribution is 0.225. The molecule has 0 spiro atoms. The molecule has 2 aromatic rings. The minimum atomic E-state index is -0.0799. The average Bonchev–Trinajstić information content (AvgIpc) is 2.98. The second kappa shape index (κ2) is 5.83. The number of methoxy groups -OCH3 is 1. The van der Waals surface area contributed by atoms with E-state index in [4.69, 9.17) is 9.47 Å². The summed E-state index contributed by atoms with van der Waals surface area (Å²) in [7, 11) is 3.59. The second-order valence-electron chi connectivity index (χ2n) is 4.78. The molecule has 1 aliphatic rings. The Hall–Kier alpha value is -2.56. The lowest BCUT2D eigenvalue weighted by atomic mass is 10.1. The van der Waals surface area contributed by atoms with Crippen LogP contribution in [-0.2, 0) is 11.8 Å². The molecular weight excluding hydrogens is 266 g/mol. The highest BCUT2D eigenvalue weighted by atomic mass is 16.5. The van der Waals surface area contributed by atoms with Crippen LogP contribution in [0.3, 0.4) is 0 Å². The van der Waals surface area contributed by atoms with Crippen LogP contribution in [0.1, 0.15) is 11.7 Å². The molecule has 1 aromatic heterocycles. The third-order valence-electron chi connectivity index (χ3n) is 3.37. The van der Waals surface area contributed by atoms with Crippen molar-refractivity contribution in [3.05, 3.63) is 59.7 Å². The van der Waals surface area contributed by atoms with Gasteiger partial charge in [0.15, 0.2) is 0 Å². The van der Waals surface area contributed by atoms with E-state index >= 15 is 0 Å². The summed E-state index contributed by atoms with van der Waals surface area (Å²) in [6.45, 7) is 0.585. The average molecular weight is 283 g/mol. The number of aryl methyl sites for hydroxylation is 1. The maximum Gasteiger partial charge on any atom is 0.314 e. The van der Waals surface area contributed by atoms with Crippen LogP contribution in [0, 0.1) is 0 Å². The van der Waals surface area contributed by atoms with Crippen LogP contribution in [0.5, 0.6) is 5.75 Å². The molecule has 5 nitrogen and oxygen atoms in total. The molecule has 108 valence electrons. The lowest BCUT2D eigenvalue weighted by Crippen LogP contribution is -2.18. The molecule has 0 aliphatic carbocycles. The number of benzene rings is 1. The number of hydrogen-bond acceptors (Lipinski definition) is 4. The van der Waals surface area contributed by atoms with Crippen molar-refractivity contribution in [3.63, 3.8) is 0 Å². The first kappa shape index (κ1) is 13.4. The van der Waals surface area contributed by atoms with Gasteiger partial charge in [0.25, 0.3) is 0 Å². The van der Waals surface area contributed by atoms with Crippen molar-refractivity contribution in [2.45, 2.75) is 6.10 Å². The summed E-state index contributed by atoms with van der Waals surface area (Å²) in [5.74, 6) is 0.832. The molecule has 2 heterocycles. The molecule has 1 aromatic carbocycles. The standard InChI is InChI=1S/C16H17N3O2/c1-19-10-4-3-5-15(19)18-16-17-11-14(21-16)12-6-8-13(20-2)9-7-12/h3-10,14H,11H2,1-2H3/b18-15+. The van der Waals surface area contributed by atoms with Crippen molar-refractivity contribution >= 4 is 6.02 Å². The highest BCUT2D eigenvalue weighted by Gasteiger charge is 2.21. The molecule has 0 amide bonds.